The Morgan fingerprint density at radius 2 is 2.08 bits per heavy atom. The van der Waals surface area contributed by atoms with Gasteiger partial charge in [0.2, 0.25) is 0 Å². The highest BCUT2D eigenvalue weighted by Gasteiger charge is 2.08. The molecule has 0 fully saturated rings. The lowest BCUT2D eigenvalue weighted by molar-refractivity contribution is 0.572. The van der Waals surface area contributed by atoms with Gasteiger partial charge in [-0.15, -0.1) is 0 Å². The second-order valence-electron chi connectivity index (χ2n) is 3.34. The molecule has 0 spiro atoms. The van der Waals surface area contributed by atoms with Crippen LogP contribution in [0.3, 0.4) is 0 Å². The third kappa shape index (κ3) is 1.23. The minimum Gasteiger partial charge on any atom is -0.461 e. The van der Waals surface area contributed by atoms with Gasteiger partial charge in [0, 0.05) is 17.5 Å². The number of aryl methyl sites for hydroxylation is 2. The maximum Gasteiger partial charge on any atom is 0.134 e. The lowest BCUT2D eigenvalue weighted by Gasteiger charge is -1.94. The normalized spacial score (nSPS) is 11.0. The van der Waals surface area contributed by atoms with Crippen molar-refractivity contribution in [2.24, 2.45) is 5.73 Å². The lowest BCUT2D eigenvalue weighted by atomic mass is 10.1. The zero-order chi connectivity index (χ0) is 9.42. The van der Waals surface area contributed by atoms with Gasteiger partial charge < -0.3 is 10.2 Å². The molecule has 0 bridgehead atoms. The van der Waals surface area contributed by atoms with Crippen LogP contribution in [0.25, 0.3) is 11.0 Å². The maximum atomic E-state index is 5.65. The fourth-order valence-electron chi connectivity index (χ4n) is 1.64. The van der Waals surface area contributed by atoms with Crippen molar-refractivity contribution in [3.8, 4) is 0 Å². The number of rotatable bonds is 1. The Hall–Kier alpha value is -1.28. The second kappa shape index (κ2) is 2.89. The summed E-state index contributed by atoms with van der Waals surface area (Å²) in [6, 6.07) is 6.16. The van der Waals surface area contributed by atoms with Crippen LogP contribution < -0.4 is 5.73 Å². The summed E-state index contributed by atoms with van der Waals surface area (Å²) in [6.07, 6.45) is 0. The largest absolute Gasteiger partial charge is 0.461 e. The Balaban J connectivity index is 2.80. The highest BCUT2D eigenvalue weighted by molar-refractivity contribution is 5.82. The quantitative estimate of drug-likeness (QED) is 0.723. The van der Waals surface area contributed by atoms with Crippen LogP contribution in [0.2, 0.25) is 0 Å². The Kier molecular flexibility index (Phi) is 1.85. The Bertz CT molecular complexity index is 443. The molecular formula is C11H13NO. The molecule has 0 saturated carbocycles. The highest BCUT2D eigenvalue weighted by atomic mass is 16.3. The van der Waals surface area contributed by atoms with Crippen LogP contribution in [0.1, 0.15) is 16.9 Å². The number of nitrogens with two attached hydrogens (primary N) is 1. The summed E-state index contributed by atoms with van der Waals surface area (Å²) in [5, 5.41) is 1.15. The summed E-state index contributed by atoms with van der Waals surface area (Å²) in [7, 11) is 0. The van der Waals surface area contributed by atoms with E-state index in [0.717, 1.165) is 22.3 Å². The SMILES string of the molecule is Cc1ccc2oc(C)c(CN)c2c1. The van der Waals surface area contributed by atoms with Gasteiger partial charge in [-0.1, -0.05) is 11.6 Å². The molecule has 2 N–H and O–H groups in total. The molecule has 2 rings (SSSR count). The van der Waals surface area contributed by atoms with Crippen LogP contribution in [0.5, 0.6) is 0 Å². The molecule has 0 aliphatic heterocycles. The molecule has 0 unspecified atom stereocenters. The summed E-state index contributed by atoms with van der Waals surface area (Å²) in [4.78, 5) is 0. The van der Waals surface area contributed by atoms with Crippen molar-refractivity contribution in [1.82, 2.24) is 0 Å². The van der Waals surface area contributed by atoms with Crippen LogP contribution >= 0.6 is 0 Å². The topological polar surface area (TPSA) is 39.2 Å². The first kappa shape index (κ1) is 8.32. The van der Waals surface area contributed by atoms with Gasteiger partial charge in [-0.25, -0.2) is 0 Å². The monoisotopic (exact) mass is 175 g/mol. The average molecular weight is 175 g/mol. The third-order valence-electron chi connectivity index (χ3n) is 2.35. The van der Waals surface area contributed by atoms with Crippen LogP contribution in [0.15, 0.2) is 22.6 Å². The van der Waals surface area contributed by atoms with Gasteiger partial charge in [-0.3, -0.25) is 0 Å². The molecule has 2 aromatic rings. The van der Waals surface area contributed by atoms with E-state index in [2.05, 4.69) is 13.0 Å². The number of hydrogen-bond donors (Lipinski definition) is 1. The van der Waals surface area contributed by atoms with Crippen LogP contribution in [0.4, 0.5) is 0 Å². The smallest absolute Gasteiger partial charge is 0.134 e. The first-order chi connectivity index (χ1) is 6.22. The fraction of sp³-hybridized carbons (Fsp3) is 0.273. The molecule has 0 aliphatic rings. The second-order valence-corrected chi connectivity index (χ2v) is 3.34. The van der Waals surface area contributed by atoms with Gasteiger partial charge in [0.05, 0.1) is 0 Å². The first-order valence-electron chi connectivity index (χ1n) is 4.41. The molecule has 0 radical (unpaired) electrons. The fourth-order valence-corrected chi connectivity index (χ4v) is 1.64. The third-order valence-corrected chi connectivity index (χ3v) is 2.35. The van der Waals surface area contributed by atoms with Crippen molar-refractivity contribution in [3.05, 3.63) is 35.1 Å². The number of furan rings is 1. The predicted octanol–water partition coefficient (Wildman–Crippen LogP) is 2.51. The molecule has 0 amide bonds. The summed E-state index contributed by atoms with van der Waals surface area (Å²) >= 11 is 0. The molecule has 1 aromatic carbocycles. The van der Waals surface area contributed by atoms with Gasteiger partial charge in [0.15, 0.2) is 0 Å². The van der Waals surface area contributed by atoms with Crippen molar-refractivity contribution in [2.45, 2.75) is 20.4 Å². The van der Waals surface area contributed by atoms with Gasteiger partial charge in [0.1, 0.15) is 11.3 Å². The predicted molar refractivity (Wildman–Crippen MR) is 53.6 cm³/mol. The zero-order valence-corrected chi connectivity index (χ0v) is 7.92. The Labute approximate surface area is 77.3 Å². The van der Waals surface area contributed by atoms with E-state index in [1.165, 1.54) is 5.56 Å². The molecule has 13 heavy (non-hydrogen) atoms. The minimum atomic E-state index is 0.544. The molecule has 2 nitrogen and oxygen atoms in total. The van der Waals surface area contributed by atoms with Crippen LogP contribution in [0, 0.1) is 13.8 Å². The van der Waals surface area contributed by atoms with Gasteiger partial charge in [0.25, 0.3) is 0 Å². The van der Waals surface area contributed by atoms with Crippen molar-refractivity contribution < 1.29 is 4.42 Å². The average Bonchev–Trinajstić information content (AvgIpc) is 2.40. The minimum absolute atomic E-state index is 0.544. The van der Waals surface area contributed by atoms with Crippen molar-refractivity contribution in [2.75, 3.05) is 0 Å². The van der Waals surface area contributed by atoms with Crippen molar-refractivity contribution in [3.63, 3.8) is 0 Å². The molecule has 1 aromatic heterocycles. The maximum absolute atomic E-state index is 5.65. The van der Waals surface area contributed by atoms with Crippen LogP contribution in [-0.4, -0.2) is 0 Å². The summed E-state index contributed by atoms with van der Waals surface area (Å²) in [5.74, 6) is 0.933. The molecular weight excluding hydrogens is 162 g/mol. The zero-order valence-electron chi connectivity index (χ0n) is 7.92. The van der Waals surface area contributed by atoms with Gasteiger partial charge >= 0.3 is 0 Å². The first-order valence-corrected chi connectivity index (χ1v) is 4.41. The molecule has 68 valence electrons. The van der Waals surface area contributed by atoms with Gasteiger partial charge in [-0.2, -0.15) is 0 Å². The van der Waals surface area contributed by atoms with E-state index in [-0.39, 0.29) is 0 Å². The summed E-state index contributed by atoms with van der Waals surface area (Å²) < 4.78 is 5.56. The number of benzene rings is 1. The Morgan fingerprint density at radius 1 is 1.31 bits per heavy atom. The van der Waals surface area contributed by atoms with E-state index in [0.29, 0.717) is 6.54 Å². The molecule has 0 atom stereocenters. The van der Waals surface area contributed by atoms with Crippen molar-refractivity contribution >= 4 is 11.0 Å². The number of hydrogen-bond acceptors (Lipinski definition) is 2. The molecule has 2 heteroatoms. The molecule has 0 saturated heterocycles. The van der Waals surface area contributed by atoms with Crippen molar-refractivity contribution in [1.29, 1.82) is 0 Å². The molecule has 1 heterocycles. The Morgan fingerprint density at radius 3 is 2.77 bits per heavy atom. The van der Waals surface area contributed by atoms with Gasteiger partial charge in [-0.05, 0) is 26.0 Å². The summed E-state index contributed by atoms with van der Waals surface area (Å²) in [5.41, 5.74) is 8.95. The van der Waals surface area contributed by atoms with E-state index < -0.39 is 0 Å². The highest BCUT2D eigenvalue weighted by Crippen LogP contribution is 2.25. The standard InChI is InChI=1S/C11H13NO/c1-7-3-4-11-9(5-7)10(6-12)8(2)13-11/h3-5H,6,12H2,1-2H3. The number of fused-ring (bicyclic) bond motifs is 1. The van der Waals surface area contributed by atoms with E-state index >= 15 is 0 Å². The van der Waals surface area contributed by atoms with E-state index in [1.807, 2.05) is 19.1 Å². The van der Waals surface area contributed by atoms with E-state index in [1.54, 1.807) is 0 Å². The van der Waals surface area contributed by atoms with E-state index in [9.17, 15) is 0 Å². The van der Waals surface area contributed by atoms with Crippen LogP contribution in [-0.2, 0) is 6.54 Å². The van der Waals surface area contributed by atoms with E-state index in [4.69, 9.17) is 10.2 Å². The lowest BCUT2D eigenvalue weighted by Crippen LogP contribution is -1.96. The molecule has 0 aliphatic carbocycles. The summed E-state index contributed by atoms with van der Waals surface area (Å²) in [6.45, 7) is 4.57.